The summed E-state index contributed by atoms with van der Waals surface area (Å²) >= 11 is 0. The Morgan fingerprint density at radius 2 is 1.96 bits per heavy atom. The van der Waals surface area contributed by atoms with Crippen molar-refractivity contribution in [1.82, 2.24) is 15.4 Å². The maximum Gasteiger partial charge on any atom is 0.274 e. The number of nitrogens with zero attached hydrogens (tertiary/aromatic N) is 2. The van der Waals surface area contributed by atoms with E-state index in [1.807, 2.05) is 30.3 Å². The van der Waals surface area contributed by atoms with E-state index in [2.05, 4.69) is 17.0 Å². The van der Waals surface area contributed by atoms with Crippen LogP contribution < -0.4 is 5.43 Å². The molecule has 0 saturated carbocycles. The number of aromatic nitrogens is 1. The first kappa shape index (κ1) is 15.2. The lowest BCUT2D eigenvalue weighted by atomic mass is 9.89. The molecule has 118 valence electrons. The van der Waals surface area contributed by atoms with Crippen LogP contribution in [0.15, 0.2) is 67.1 Å². The molecule has 1 aliphatic heterocycles. The van der Waals surface area contributed by atoms with Crippen molar-refractivity contribution in [3.63, 3.8) is 0 Å². The second-order valence-corrected chi connectivity index (χ2v) is 5.85. The van der Waals surface area contributed by atoms with Crippen LogP contribution in [0.1, 0.15) is 22.8 Å². The number of rotatable bonds is 3. The van der Waals surface area contributed by atoms with Gasteiger partial charge in [0.15, 0.2) is 5.72 Å². The van der Waals surface area contributed by atoms with Crippen molar-refractivity contribution in [2.24, 2.45) is 5.92 Å². The van der Waals surface area contributed by atoms with Crippen molar-refractivity contribution in [3.05, 3.63) is 78.3 Å². The van der Waals surface area contributed by atoms with Gasteiger partial charge in [0.2, 0.25) is 0 Å². The fraction of sp³-hybridized carbons (Fsp3) is 0.222. The summed E-state index contributed by atoms with van der Waals surface area (Å²) in [5.41, 5.74) is 3.73. The van der Waals surface area contributed by atoms with E-state index < -0.39 is 5.72 Å². The Bertz CT molecular complexity index is 714. The summed E-state index contributed by atoms with van der Waals surface area (Å²) in [5, 5.41) is 12.2. The van der Waals surface area contributed by atoms with Crippen molar-refractivity contribution in [1.29, 1.82) is 0 Å². The fourth-order valence-electron chi connectivity index (χ4n) is 2.87. The Balaban J connectivity index is 1.85. The normalized spacial score (nSPS) is 23.7. The monoisotopic (exact) mass is 309 g/mol. The molecule has 1 amide bonds. The van der Waals surface area contributed by atoms with Gasteiger partial charge in [0.05, 0.1) is 5.92 Å². The SMILES string of the molecule is C=C1NN(C(=O)c2ccncc2)C(C)(O)C1Cc1ccccc1. The summed E-state index contributed by atoms with van der Waals surface area (Å²) in [6.07, 6.45) is 3.70. The highest BCUT2D eigenvalue weighted by Gasteiger charge is 2.48. The van der Waals surface area contributed by atoms with Crippen LogP contribution in [0.4, 0.5) is 0 Å². The molecule has 2 aromatic rings. The Morgan fingerprint density at radius 3 is 2.61 bits per heavy atom. The first-order valence-corrected chi connectivity index (χ1v) is 7.46. The number of hydrogen-bond acceptors (Lipinski definition) is 4. The molecule has 1 fully saturated rings. The number of pyridine rings is 1. The van der Waals surface area contributed by atoms with Crippen molar-refractivity contribution >= 4 is 5.91 Å². The Kier molecular flexibility index (Phi) is 3.88. The molecule has 2 unspecified atom stereocenters. The molecule has 5 nitrogen and oxygen atoms in total. The van der Waals surface area contributed by atoms with Gasteiger partial charge in [0.25, 0.3) is 5.91 Å². The average Bonchev–Trinajstić information content (AvgIpc) is 2.79. The van der Waals surface area contributed by atoms with Gasteiger partial charge in [0.1, 0.15) is 0 Å². The maximum atomic E-state index is 12.6. The van der Waals surface area contributed by atoms with Gasteiger partial charge in [-0.05, 0) is 31.0 Å². The first-order chi connectivity index (χ1) is 11.0. The third-order valence-corrected chi connectivity index (χ3v) is 4.20. The van der Waals surface area contributed by atoms with Crippen LogP contribution in [0, 0.1) is 5.92 Å². The summed E-state index contributed by atoms with van der Waals surface area (Å²) in [4.78, 5) is 16.5. The van der Waals surface area contributed by atoms with Crippen LogP contribution in [0.25, 0.3) is 0 Å². The van der Waals surface area contributed by atoms with Crippen LogP contribution in [-0.2, 0) is 6.42 Å². The largest absolute Gasteiger partial charge is 0.369 e. The van der Waals surface area contributed by atoms with Crippen LogP contribution in [-0.4, -0.2) is 26.7 Å². The second kappa shape index (κ2) is 5.85. The quantitative estimate of drug-likeness (QED) is 0.911. The highest BCUT2D eigenvalue weighted by Crippen LogP contribution is 2.35. The molecular weight excluding hydrogens is 290 g/mol. The zero-order chi connectivity index (χ0) is 16.4. The smallest absolute Gasteiger partial charge is 0.274 e. The van der Waals surface area contributed by atoms with Gasteiger partial charge in [-0.25, -0.2) is 5.01 Å². The van der Waals surface area contributed by atoms with E-state index in [9.17, 15) is 9.90 Å². The number of hydrazine groups is 1. The number of amides is 1. The summed E-state index contributed by atoms with van der Waals surface area (Å²) in [7, 11) is 0. The van der Waals surface area contributed by atoms with E-state index in [1.54, 1.807) is 31.5 Å². The third kappa shape index (κ3) is 2.83. The number of carbonyl (C=O) groups is 1. The van der Waals surface area contributed by atoms with Gasteiger partial charge in [-0.15, -0.1) is 0 Å². The summed E-state index contributed by atoms with van der Waals surface area (Å²) < 4.78 is 0. The van der Waals surface area contributed by atoms with Gasteiger partial charge < -0.3 is 5.11 Å². The highest BCUT2D eigenvalue weighted by atomic mass is 16.3. The van der Waals surface area contributed by atoms with E-state index in [0.29, 0.717) is 17.7 Å². The van der Waals surface area contributed by atoms with Gasteiger partial charge in [-0.1, -0.05) is 36.9 Å². The molecule has 1 aromatic carbocycles. The Morgan fingerprint density at radius 1 is 1.30 bits per heavy atom. The van der Waals surface area contributed by atoms with Gasteiger partial charge in [-0.3, -0.25) is 15.2 Å². The van der Waals surface area contributed by atoms with Crippen molar-refractivity contribution in [3.8, 4) is 0 Å². The predicted octanol–water partition coefficient (Wildman–Crippen LogP) is 2.12. The minimum absolute atomic E-state index is 0.296. The molecule has 0 spiro atoms. The average molecular weight is 309 g/mol. The molecule has 0 aliphatic carbocycles. The molecule has 3 rings (SSSR count). The molecule has 0 bridgehead atoms. The van der Waals surface area contributed by atoms with E-state index in [4.69, 9.17) is 0 Å². The van der Waals surface area contributed by atoms with Crippen LogP contribution >= 0.6 is 0 Å². The number of aliphatic hydroxyl groups is 1. The molecule has 1 aliphatic rings. The summed E-state index contributed by atoms with van der Waals surface area (Å²) in [6.45, 7) is 5.61. The fourth-order valence-corrected chi connectivity index (χ4v) is 2.87. The molecule has 1 saturated heterocycles. The molecule has 2 heterocycles. The Labute approximate surface area is 135 Å². The number of benzene rings is 1. The van der Waals surface area contributed by atoms with E-state index in [1.165, 1.54) is 5.01 Å². The molecule has 5 heteroatoms. The number of nitrogens with one attached hydrogen (secondary N) is 1. The van der Waals surface area contributed by atoms with Crippen LogP contribution in [0.5, 0.6) is 0 Å². The van der Waals surface area contributed by atoms with Crippen molar-refractivity contribution in [2.45, 2.75) is 19.1 Å². The van der Waals surface area contributed by atoms with Gasteiger partial charge in [0, 0.05) is 23.7 Å². The molecule has 2 N–H and O–H groups in total. The van der Waals surface area contributed by atoms with Crippen molar-refractivity contribution in [2.75, 3.05) is 0 Å². The number of hydrogen-bond donors (Lipinski definition) is 2. The molecule has 2 atom stereocenters. The zero-order valence-corrected chi connectivity index (χ0v) is 12.9. The zero-order valence-electron chi connectivity index (χ0n) is 12.9. The summed E-state index contributed by atoms with van der Waals surface area (Å²) in [6, 6.07) is 13.1. The molecule has 0 radical (unpaired) electrons. The molecule has 23 heavy (non-hydrogen) atoms. The highest BCUT2D eigenvalue weighted by molar-refractivity contribution is 5.94. The topological polar surface area (TPSA) is 65.5 Å². The Hall–Kier alpha value is -2.66. The minimum atomic E-state index is -1.37. The van der Waals surface area contributed by atoms with Crippen LogP contribution in [0.3, 0.4) is 0 Å². The predicted molar refractivity (Wildman–Crippen MR) is 86.9 cm³/mol. The number of carbonyl (C=O) groups excluding carboxylic acids is 1. The van der Waals surface area contributed by atoms with Crippen LogP contribution in [0.2, 0.25) is 0 Å². The lowest BCUT2D eigenvalue weighted by Gasteiger charge is -2.32. The standard InChI is InChI=1S/C18H19N3O2/c1-13-16(12-14-6-4-3-5-7-14)18(2,23)21(20-13)17(22)15-8-10-19-11-9-15/h3-11,16,20,23H,1,12H2,2H3. The lowest BCUT2D eigenvalue weighted by Crippen LogP contribution is -2.52. The van der Waals surface area contributed by atoms with E-state index in [0.717, 1.165) is 5.56 Å². The molecule has 1 aromatic heterocycles. The third-order valence-electron chi connectivity index (χ3n) is 4.20. The van der Waals surface area contributed by atoms with E-state index >= 15 is 0 Å². The molecular formula is C18H19N3O2. The van der Waals surface area contributed by atoms with E-state index in [-0.39, 0.29) is 11.8 Å². The lowest BCUT2D eigenvalue weighted by molar-refractivity contribution is -0.0877. The summed E-state index contributed by atoms with van der Waals surface area (Å²) in [5.74, 6) is -0.607. The van der Waals surface area contributed by atoms with Gasteiger partial charge in [-0.2, -0.15) is 0 Å². The minimum Gasteiger partial charge on any atom is -0.369 e. The first-order valence-electron chi connectivity index (χ1n) is 7.46. The van der Waals surface area contributed by atoms with Gasteiger partial charge >= 0.3 is 0 Å². The second-order valence-electron chi connectivity index (χ2n) is 5.85. The maximum absolute atomic E-state index is 12.6. The van der Waals surface area contributed by atoms with Crippen molar-refractivity contribution < 1.29 is 9.90 Å².